The summed E-state index contributed by atoms with van der Waals surface area (Å²) in [5.41, 5.74) is 0.155. The van der Waals surface area contributed by atoms with Crippen LogP contribution in [0.5, 0.6) is 0 Å². The number of carbonyl (C=O) groups excluding carboxylic acids is 1. The van der Waals surface area contributed by atoms with Crippen molar-refractivity contribution in [3.05, 3.63) is 59.6 Å². The summed E-state index contributed by atoms with van der Waals surface area (Å²) in [5, 5.41) is 0. The van der Waals surface area contributed by atoms with Crippen molar-refractivity contribution in [1.82, 2.24) is 4.90 Å². The molecule has 0 amide bonds. The number of ketones is 1. The quantitative estimate of drug-likeness (QED) is 0.788. The third-order valence-electron chi connectivity index (χ3n) is 3.23. The summed E-state index contributed by atoms with van der Waals surface area (Å²) in [7, 11) is 1.77. The van der Waals surface area contributed by atoms with Crippen LogP contribution in [0.3, 0.4) is 0 Å². The maximum atomic E-state index is 13.2. The van der Waals surface area contributed by atoms with Gasteiger partial charge in [0.2, 0.25) is 0 Å². The lowest BCUT2D eigenvalue weighted by Crippen LogP contribution is -2.35. The van der Waals surface area contributed by atoms with E-state index in [4.69, 9.17) is 4.42 Å². The van der Waals surface area contributed by atoms with Crippen LogP contribution in [0.4, 0.5) is 8.78 Å². The third-order valence-corrected chi connectivity index (χ3v) is 3.23. The fourth-order valence-corrected chi connectivity index (χ4v) is 1.88. The number of rotatable bonds is 5. The van der Waals surface area contributed by atoms with Crippen molar-refractivity contribution in [3.63, 3.8) is 0 Å². The van der Waals surface area contributed by atoms with Gasteiger partial charge in [-0.3, -0.25) is 9.69 Å². The minimum Gasteiger partial charge on any atom is -0.468 e. The zero-order valence-electron chi connectivity index (χ0n) is 11.3. The van der Waals surface area contributed by atoms with Gasteiger partial charge in [0.15, 0.2) is 17.4 Å². The van der Waals surface area contributed by atoms with E-state index < -0.39 is 17.7 Å². The highest BCUT2D eigenvalue weighted by atomic mass is 19.2. The summed E-state index contributed by atoms with van der Waals surface area (Å²) in [5.74, 6) is -1.51. The number of furan rings is 1. The molecule has 0 saturated heterocycles. The number of hydrogen-bond acceptors (Lipinski definition) is 3. The van der Waals surface area contributed by atoms with E-state index >= 15 is 0 Å². The van der Waals surface area contributed by atoms with Crippen molar-refractivity contribution in [1.29, 1.82) is 0 Å². The van der Waals surface area contributed by atoms with Gasteiger partial charge in [0.05, 0.1) is 18.8 Å². The lowest BCUT2D eigenvalue weighted by atomic mass is 10.0. The van der Waals surface area contributed by atoms with Crippen LogP contribution in [0.2, 0.25) is 0 Å². The maximum absolute atomic E-state index is 13.2. The Morgan fingerprint density at radius 2 is 2.05 bits per heavy atom. The second-order valence-electron chi connectivity index (χ2n) is 4.66. The van der Waals surface area contributed by atoms with Crippen LogP contribution in [0.25, 0.3) is 0 Å². The zero-order valence-corrected chi connectivity index (χ0v) is 11.3. The number of carbonyl (C=O) groups is 1. The first-order valence-electron chi connectivity index (χ1n) is 6.21. The fraction of sp³-hybridized carbons (Fsp3) is 0.267. The predicted octanol–water partition coefficient (Wildman–Crippen LogP) is 3.26. The molecule has 3 nitrogen and oxygen atoms in total. The topological polar surface area (TPSA) is 33.5 Å². The lowest BCUT2D eigenvalue weighted by molar-refractivity contribution is 0.0855. The Bertz CT molecular complexity index is 596. The molecule has 0 fully saturated rings. The van der Waals surface area contributed by atoms with Crippen molar-refractivity contribution in [3.8, 4) is 0 Å². The van der Waals surface area contributed by atoms with Crippen LogP contribution < -0.4 is 0 Å². The number of nitrogens with zero attached hydrogens (tertiary/aromatic N) is 1. The van der Waals surface area contributed by atoms with Crippen LogP contribution in [0, 0.1) is 11.6 Å². The van der Waals surface area contributed by atoms with Gasteiger partial charge in [-0.1, -0.05) is 0 Å². The van der Waals surface area contributed by atoms with Crippen molar-refractivity contribution in [2.75, 3.05) is 7.05 Å². The standard InChI is InChI=1S/C15H15F2NO2/c1-10(18(2)9-12-4-3-7-20-12)15(19)11-5-6-13(16)14(17)8-11/h3-8,10H,9H2,1-2H3. The molecule has 2 rings (SSSR count). The molecule has 0 aliphatic heterocycles. The molecule has 1 aromatic heterocycles. The van der Waals surface area contributed by atoms with Crippen LogP contribution in [-0.2, 0) is 6.54 Å². The van der Waals surface area contributed by atoms with Crippen molar-refractivity contribution in [2.24, 2.45) is 0 Å². The van der Waals surface area contributed by atoms with Gasteiger partial charge < -0.3 is 4.42 Å². The highest BCUT2D eigenvalue weighted by Crippen LogP contribution is 2.14. The lowest BCUT2D eigenvalue weighted by Gasteiger charge is -2.22. The molecular formula is C15H15F2NO2. The molecule has 20 heavy (non-hydrogen) atoms. The molecule has 5 heteroatoms. The minimum absolute atomic E-state index is 0.155. The van der Waals surface area contributed by atoms with Gasteiger partial charge in [-0.25, -0.2) is 8.78 Å². The second kappa shape index (κ2) is 5.96. The third kappa shape index (κ3) is 3.11. The summed E-state index contributed by atoms with van der Waals surface area (Å²) in [6.07, 6.45) is 1.56. The molecular weight excluding hydrogens is 264 g/mol. The summed E-state index contributed by atoms with van der Waals surface area (Å²) >= 11 is 0. The van der Waals surface area contributed by atoms with E-state index in [0.717, 1.165) is 17.9 Å². The molecule has 0 aliphatic rings. The normalized spacial score (nSPS) is 12.7. The zero-order chi connectivity index (χ0) is 14.7. The molecule has 2 aromatic rings. The van der Waals surface area contributed by atoms with E-state index in [-0.39, 0.29) is 11.3 Å². The Balaban J connectivity index is 2.09. The van der Waals surface area contributed by atoms with E-state index in [0.29, 0.717) is 6.54 Å². The number of hydrogen-bond donors (Lipinski definition) is 0. The minimum atomic E-state index is -1.02. The average molecular weight is 279 g/mol. The van der Waals surface area contributed by atoms with Crippen LogP contribution in [0.15, 0.2) is 41.0 Å². The first kappa shape index (κ1) is 14.4. The molecule has 0 spiro atoms. The Morgan fingerprint density at radius 3 is 2.65 bits per heavy atom. The van der Waals surface area contributed by atoms with E-state index in [9.17, 15) is 13.6 Å². The van der Waals surface area contributed by atoms with E-state index in [1.165, 1.54) is 6.07 Å². The van der Waals surface area contributed by atoms with E-state index in [1.807, 2.05) is 6.07 Å². The molecule has 0 bridgehead atoms. The molecule has 0 saturated carbocycles. The van der Waals surface area contributed by atoms with Gasteiger partial charge in [0, 0.05) is 5.56 Å². The number of halogens is 2. The number of likely N-dealkylation sites (N-methyl/N-ethyl adjacent to an activating group) is 1. The number of Topliss-reactive ketones (excluding diaryl/α,β-unsaturated/α-hetero) is 1. The Labute approximate surface area is 115 Å². The van der Waals surface area contributed by atoms with Crippen molar-refractivity contribution in [2.45, 2.75) is 19.5 Å². The van der Waals surface area contributed by atoms with Gasteiger partial charge in [-0.05, 0) is 44.3 Å². The summed E-state index contributed by atoms with van der Waals surface area (Å²) in [6, 6.07) is 6.29. The molecule has 1 unspecified atom stereocenters. The Kier molecular flexibility index (Phi) is 4.29. The van der Waals surface area contributed by atoms with Gasteiger partial charge in [0.1, 0.15) is 5.76 Å². The molecule has 106 valence electrons. The molecule has 0 aliphatic carbocycles. The summed E-state index contributed by atoms with van der Waals surface area (Å²) < 4.78 is 31.2. The smallest absolute Gasteiger partial charge is 0.179 e. The van der Waals surface area contributed by atoms with Gasteiger partial charge in [0.25, 0.3) is 0 Å². The van der Waals surface area contributed by atoms with Gasteiger partial charge in [-0.15, -0.1) is 0 Å². The maximum Gasteiger partial charge on any atom is 0.179 e. The van der Waals surface area contributed by atoms with Crippen LogP contribution in [0.1, 0.15) is 23.0 Å². The molecule has 1 atom stereocenters. The highest BCUT2D eigenvalue weighted by Gasteiger charge is 2.21. The van der Waals surface area contributed by atoms with Crippen molar-refractivity contribution >= 4 is 5.78 Å². The Morgan fingerprint density at radius 1 is 1.30 bits per heavy atom. The first-order chi connectivity index (χ1) is 9.49. The van der Waals surface area contributed by atoms with Crippen molar-refractivity contribution < 1.29 is 18.0 Å². The van der Waals surface area contributed by atoms with Crippen LogP contribution >= 0.6 is 0 Å². The fourth-order valence-electron chi connectivity index (χ4n) is 1.88. The largest absolute Gasteiger partial charge is 0.468 e. The van der Waals surface area contributed by atoms with E-state index in [2.05, 4.69) is 0 Å². The SMILES string of the molecule is CC(C(=O)c1ccc(F)c(F)c1)N(C)Cc1ccco1. The second-order valence-corrected chi connectivity index (χ2v) is 4.66. The molecule has 1 heterocycles. The predicted molar refractivity (Wildman–Crippen MR) is 70.3 cm³/mol. The molecule has 0 N–H and O–H groups in total. The first-order valence-corrected chi connectivity index (χ1v) is 6.21. The van der Waals surface area contributed by atoms with Gasteiger partial charge >= 0.3 is 0 Å². The molecule has 0 radical (unpaired) electrons. The number of benzene rings is 1. The summed E-state index contributed by atoms with van der Waals surface area (Å²) in [4.78, 5) is 14.0. The van der Waals surface area contributed by atoms with Gasteiger partial charge in [-0.2, -0.15) is 0 Å². The van der Waals surface area contributed by atoms with E-state index in [1.54, 1.807) is 31.2 Å². The highest BCUT2D eigenvalue weighted by molar-refractivity contribution is 5.99. The molecule has 1 aromatic carbocycles. The monoisotopic (exact) mass is 279 g/mol. The average Bonchev–Trinajstić information content (AvgIpc) is 2.93. The Hall–Kier alpha value is -2.01. The summed E-state index contributed by atoms with van der Waals surface area (Å²) in [6.45, 7) is 2.18. The van der Waals surface area contributed by atoms with Crippen LogP contribution in [-0.4, -0.2) is 23.8 Å².